The lowest BCUT2D eigenvalue weighted by molar-refractivity contribution is 0.134. The first kappa shape index (κ1) is 10.4. The molecule has 0 fully saturated rings. The van der Waals surface area contributed by atoms with Crippen LogP contribution in [0.25, 0.3) is 0 Å². The van der Waals surface area contributed by atoms with E-state index >= 15 is 0 Å². The van der Waals surface area contributed by atoms with E-state index in [0.717, 1.165) is 5.56 Å². The summed E-state index contributed by atoms with van der Waals surface area (Å²) in [6, 6.07) is 6.90. The molecule has 0 spiro atoms. The van der Waals surface area contributed by atoms with E-state index in [4.69, 9.17) is 9.29 Å². The van der Waals surface area contributed by atoms with Crippen LogP contribution < -0.4 is 0 Å². The number of rotatable bonds is 4. The lowest BCUT2D eigenvalue weighted by Crippen LogP contribution is -1.94. The third-order valence-electron chi connectivity index (χ3n) is 1.57. The van der Waals surface area contributed by atoms with Gasteiger partial charge >= 0.3 is 0 Å². The van der Waals surface area contributed by atoms with Crippen LogP contribution in [0.3, 0.4) is 0 Å². The molecule has 0 aromatic heterocycles. The Kier molecular flexibility index (Phi) is 4.08. The van der Waals surface area contributed by atoms with E-state index < -0.39 is 11.1 Å². The van der Waals surface area contributed by atoms with Crippen LogP contribution in [0.1, 0.15) is 12.5 Å². The van der Waals surface area contributed by atoms with Crippen LogP contribution in [-0.4, -0.2) is 15.4 Å². The molecule has 0 heterocycles. The second kappa shape index (κ2) is 5.11. The van der Waals surface area contributed by atoms with Crippen LogP contribution in [-0.2, 0) is 22.4 Å². The van der Waals surface area contributed by atoms with Crippen molar-refractivity contribution < 1.29 is 13.5 Å². The topological polar surface area (TPSA) is 46.5 Å². The summed E-state index contributed by atoms with van der Waals surface area (Å²) in [7, 11) is 0. The first-order valence-electron chi connectivity index (χ1n) is 4.01. The Bertz CT molecular complexity index is 299. The zero-order valence-corrected chi connectivity index (χ0v) is 8.21. The summed E-state index contributed by atoms with van der Waals surface area (Å²) in [5.74, 6) is 0. The largest absolute Gasteiger partial charge is 0.377 e. The summed E-state index contributed by atoms with van der Waals surface area (Å²) >= 11 is -1.90. The predicted molar refractivity (Wildman–Crippen MR) is 50.8 cm³/mol. The molecule has 4 heteroatoms. The van der Waals surface area contributed by atoms with E-state index in [1.54, 1.807) is 18.2 Å². The van der Waals surface area contributed by atoms with Crippen molar-refractivity contribution in [3.8, 4) is 0 Å². The summed E-state index contributed by atoms with van der Waals surface area (Å²) in [5, 5.41) is 0. The smallest absolute Gasteiger partial charge is 0.186 e. The molecular formula is C9H12O3S. The lowest BCUT2D eigenvalue weighted by atomic mass is 10.2. The average molecular weight is 200 g/mol. The third-order valence-corrected chi connectivity index (χ3v) is 2.23. The van der Waals surface area contributed by atoms with Crippen LogP contribution in [0, 0.1) is 0 Å². The van der Waals surface area contributed by atoms with Gasteiger partial charge in [-0.25, -0.2) is 4.21 Å². The predicted octanol–water partition coefficient (Wildman–Crippen LogP) is 1.80. The molecule has 0 saturated carbocycles. The Morgan fingerprint density at radius 2 is 2.31 bits per heavy atom. The Balaban J connectivity index is 2.73. The Morgan fingerprint density at radius 1 is 1.54 bits per heavy atom. The molecule has 1 aromatic rings. The third kappa shape index (κ3) is 3.26. The van der Waals surface area contributed by atoms with Gasteiger partial charge in [-0.15, -0.1) is 0 Å². The lowest BCUT2D eigenvalue weighted by Gasteiger charge is -2.02. The van der Waals surface area contributed by atoms with Gasteiger partial charge in [0.05, 0.1) is 11.5 Å². The maximum atomic E-state index is 10.7. The highest BCUT2D eigenvalue weighted by molar-refractivity contribution is 7.79. The second-order valence-corrected chi connectivity index (χ2v) is 3.50. The van der Waals surface area contributed by atoms with Crippen molar-refractivity contribution in [2.75, 3.05) is 6.61 Å². The van der Waals surface area contributed by atoms with Gasteiger partial charge in [-0.3, -0.25) is 0 Å². The number of benzene rings is 1. The van der Waals surface area contributed by atoms with Gasteiger partial charge in [0.25, 0.3) is 0 Å². The number of ether oxygens (including phenoxy) is 1. The van der Waals surface area contributed by atoms with Crippen molar-refractivity contribution in [2.45, 2.75) is 18.4 Å². The molecule has 13 heavy (non-hydrogen) atoms. The zero-order chi connectivity index (χ0) is 9.68. The van der Waals surface area contributed by atoms with Gasteiger partial charge in [0.1, 0.15) is 0 Å². The molecule has 1 unspecified atom stereocenters. The maximum Gasteiger partial charge on any atom is 0.186 e. The van der Waals surface area contributed by atoms with E-state index in [1.165, 1.54) is 0 Å². The van der Waals surface area contributed by atoms with Crippen LogP contribution in [0.4, 0.5) is 0 Å². The average Bonchev–Trinajstić information content (AvgIpc) is 2.15. The van der Waals surface area contributed by atoms with E-state index in [2.05, 4.69) is 0 Å². The van der Waals surface area contributed by atoms with Gasteiger partial charge < -0.3 is 9.29 Å². The SMILES string of the molecule is CCOCc1cccc(S(=O)O)c1. The van der Waals surface area contributed by atoms with E-state index in [1.807, 2.05) is 13.0 Å². The molecule has 72 valence electrons. The fourth-order valence-electron chi connectivity index (χ4n) is 0.964. The number of hydrogen-bond acceptors (Lipinski definition) is 2. The molecule has 0 aliphatic rings. The minimum Gasteiger partial charge on any atom is -0.377 e. The molecule has 1 rings (SSSR count). The molecule has 0 bridgehead atoms. The summed E-state index contributed by atoms with van der Waals surface area (Å²) in [6.07, 6.45) is 0. The highest BCUT2D eigenvalue weighted by Gasteiger charge is 2.00. The molecule has 0 radical (unpaired) electrons. The van der Waals surface area contributed by atoms with Gasteiger partial charge in [-0.1, -0.05) is 12.1 Å². The molecule has 3 nitrogen and oxygen atoms in total. The summed E-state index contributed by atoms with van der Waals surface area (Å²) in [4.78, 5) is 0.414. The van der Waals surface area contributed by atoms with Crippen molar-refractivity contribution in [1.29, 1.82) is 0 Å². The fraction of sp³-hybridized carbons (Fsp3) is 0.333. The van der Waals surface area contributed by atoms with E-state index in [-0.39, 0.29) is 0 Å². The normalized spacial score (nSPS) is 12.8. The molecular weight excluding hydrogens is 188 g/mol. The van der Waals surface area contributed by atoms with Crippen LogP contribution in [0.2, 0.25) is 0 Å². The van der Waals surface area contributed by atoms with E-state index in [0.29, 0.717) is 18.1 Å². The standard InChI is InChI=1S/C9H12O3S/c1-2-12-7-8-4-3-5-9(6-8)13(10)11/h3-6H,2,7H2,1H3,(H,10,11). The molecule has 0 aliphatic heterocycles. The minimum atomic E-state index is -1.90. The summed E-state index contributed by atoms with van der Waals surface area (Å²) < 4.78 is 24.7. The van der Waals surface area contributed by atoms with Crippen molar-refractivity contribution in [3.63, 3.8) is 0 Å². The molecule has 1 N–H and O–H groups in total. The maximum absolute atomic E-state index is 10.7. The zero-order valence-electron chi connectivity index (χ0n) is 7.40. The fourth-order valence-corrected chi connectivity index (χ4v) is 1.41. The molecule has 0 amide bonds. The number of hydrogen-bond donors (Lipinski definition) is 1. The van der Waals surface area contributed by atoms with Gasteiger partial charge in [0, 0.05) is 6.61 Å². The molecule has 1 aromatic carbocycles. The van der Waals surface area contributed by atoms with Crippen LogP contribution in [0.5, 0.6) is 0 Å². The highest BCUT2D eigenvalue weighted by atomic mass is 32.2. The quantitative estimate of drug-likeness (QED) is 0.754. The Labute approximate surface area is 80.0 Å². The molecule has 0 aliphatic carbocycles. The van der Waals surface area contributed by atoms with Crippen molar-refractivity contribution >= 4 is 11.1 Å². The molecule has 0 saturated heterocycles. The van der Waals surface area contributed by atoms with Gasteiger partial charge in [-0.2, -0.15) is 0 Å². The Morgan fingerprint density at radius 3 is 2.92 bits per heavy atom. The first-order chi connectivity index (χ1) is 6.24. The van der Waals surface area contributed by atoms with Gasteiger partial charge in [-0.05, 0) is 24.6 Å². The van der Waals surface area contributed by atoms with Crippen LogP contribution in [0.15, 0.2) is 29.2 Å². The Hall–Kier alpha value is -0.710. The summed E-state index contributed by atoms with van der Waals surface area (Å²) in [6.45, 7) is 3.04. The van der Waals surface area contributed by atoms with Crippen molar-refractivity contribution in [2.24, 2.45) is 0 Å². The summed E-state index contributed by atoms with van der Waals surface area (Å²) in [5.41, 5.74) is 0.918. The first-order valence-corrected chi connectivity index (χ1v) is 5.12. The molecule has 1 atom stereocenters. The van der Waals surface area contributed by atoms with Gasteiger partial charge in [0.2, 0.25) is 0 Å². The monoisotopic (exact) mass is 200 g/mol. The highest BCUT2D eigenvalue weighted by Crippen LogP contribution is 2.09. The second-order valence-electron chi connectivity index (χ2n) is 2.53. The van der Waals surface area contributed by atoms with E-state index in [9.17, 15) is 4.21 Å². The van der Waals surface area contributed by atoms with Gasteiger partial charge in [0.15, 0.2) is 11.1 Å². The van der Waals surface area contributed by atoms with Crippen molar-refractivity contribution in [3.05, 3.63) is 29.8 Å². The minimum absolute atomic E-state index is 0.414. The van der Waals surface area contributed by atoms with Crippen LogP contribution >= 0.6 is 0 Å². The van der Waals surface area contributed by atoms with Crippen molar-refractivity contribution in [1.82, 2.24) is 0 Å².